The number of nitrogens with zero attached hydrogens (tertiary/aromatic N) is 1. The first-order chi connectivity index (χ1) is 6.66. The van der Waals surface area contributed by atoms with E-state index in [-0.39, 0.29) is 0 Å². The molecule has 0 aromatic heterocycles. The van der Waals surface area contributed by atoms with Gasteiger partial charge in [-0.15, -0.1) is 0 Å². The van der Waals surface area contributed by atoms with Crippen molar-refractivity contribution in [3.05, 3.63) is 0 Å². The zero-order chi connectivity index (χ0) is 10.6. The van der Waals surface area contributed by atoms with E-state index in [1.807, 2.05) is 0 Å². The minimum absolute atomic E-state index is 0.812. The lowest BCUT2D eigenvalue weighted by molar-refractivity contribution is 0.242. The van der Waals surface area contributed by atoms with Crippen molar-refractivity contribution in [2.24, 2.45) is 11.8 Å². The van der Waals surface area contributed by atoms with Crippen LogP contribution in [0.3, 0.4) is 0 Å². The highest BCUT2D eigenvalue weighted by Gasteiger charge is 2.32. The molecule has 1 nitrogen and oxygen atoms in total. The van der Waals surface area contributed by atoms with E-state index in [1.54, 1.807) is 0 Å². The van der Waals surface area contributed by atoms with Crippen molar-refractivity contribution in [3.8, 4) is 0 Å². The zero-order valence-electron chi connectivity index (χ0n) is 10.4. The van der Waals surface area contributed by atoms with Crippen molar-refractivity contribution in [3.63, 3.8) is 0 Å². The Morgan fingerprint density at radius 2 is 1.79 bits per heavy atom. The van der Waals surface area contributed by atoms with Crippen LogP contribution in [0.1, 0.15) is 53.4 Å². The summed E-state index contributed by atoms with van der Waals surface area (Å²) in [5.41, 5.74) is 0. The van der Waals surface area contributed by atoms with Gasteiger partial charge < -0.3 is 4.90 Å². The van der Waals surface area contributed by atoms with Crippen LogP contribution in [0, 0.1) is 11.8 Å². The van der Waals surface area contributed by atoms with Crippen LogP contribution < -0.4 is 0 Å². The summed E-state index contributed by atoms with van der Waals surface area (Å²) in [6.07, 6.45) is 5.58. The van der Waals surface area contributed by atoms with Gasteiger partial charge in [0.15, 0.2) is 0 Å². The van der Waals surface area contributed by atoms with Gasteiger partial charge in [0.2, 0.25) is 0 Å². The molecule has 1 rings (SSSR count). The largest absolute Gasteiger partial charge is 0.300 e. The molecule has 0 radical (unpaired) electrons. The van der Waals surface area contributed by atoms with Gasteiger partial charge in [-0.05, 0) is 31.7 Å². The van der Waals surface area contributed by atoms with E-state index in [4.69, 9.17) is 0 Å². The molecule has 3 atom stereocenters. The molecule has 1 heteroatoms. The average molecular weight is 197 g/mol. The zero-order valence-corrected chi connectivity index (χ0v) is 10.4. The van der Waals surface area contributed by atoms with Crippen molar-refractivity contribution in [2.75, 3.05) is 13.1 Å². The molecular formula is C13H27N. The molecule has 0 aliphatic carbocycles. The maximum Gasteiger partial charge on any atom is 0.00956 e. The second-order valence-electron chi connectivity index (χ2n) is 5.13. The Morgan fingerprint density at radius 3 is 2.29 bits per heavy atom. The molecule has 14 heavy (non-hydrogen) atoms. The first kappa shape index (κ1) is 12.0. The van der Waals surface area contributed by atoms with E-state index < -0.39 is 0 Å². The van der Waals surface area contributed by atoms with Crippen LogP contribution in [0.15, 0.2) is 0 Å². The summed E-state index contributed by atoms with van der Waals surface area (Å²) in [4.78, 5) is 2.69. The SMILES string of the molecule is CCCCCCN1CC(C)C(C)C1C. The Balaban J connectivity index is 2.19. The highest BCUT2D eigenvalue weighted by atomic mass is 15.2. The summed E-state index contributed by atoms with van der Waals surface area (Å²) in [6.45, 7) is 12.1. The molecule has 0 amide bonds. The summed E-state index contributed by atoms with van der Waals surface area (Å²) >= 11 is 0. The van der Waals surface area contributed by atoms with Crippen molar-refractivity contribution >= 4 is 0 Å². The van der Waals surface area contributed by atoms with Gasteiger partial charge in [-0.3, -0.25) is 0 Å². The second kappa shape index (κ2) is 5.75. The molecule has 84 valence electrons. The van der Waals surface area contributed by atoms with E-state index in [0.29, 0.717) is 0 Å². The smallest absolute Gasteiger partial charge is 0.00956 e. The van der Waals surface area contributed by atoms with E-state index >= 15 is 0 Å². The van der Waals surface area contributed by atoms with Crippen molar-refractivity contribution in [1.29, 1.82) is 0 Å². The molecule has 1 saturated heterocycles. The van der Waals surface area contributed by atoms with Crippen molar-refractivity contribution < 1.29 is 0 Å². The molecular weight excluding hydrogens is 170 g/mol. The molecule has 1 aliphatic rings. The molecule has 1 heterocycles. The first-order valence-corrected chi connectivity index (χ1v) is 6.40. The maximum atomic E-state index is 2.69. The van der Waals surface area contributed by atoms with Gasteiger partial charge in [0.1, 0.15) is 0 Å². The van der Waals surface area contributed by atoms with Crippen LogP contribution in [-0.2, 0) is 0 Å². The van der Waals surface area contributed by atoms with Crippen molar-refractivity contribution in [1.82, 2.24) is 4.90 Å². The van der Waals surface area contributed by atoms with Crippen LogP contribution in [-0.4, -0.2) is 24.0 Å². The third kappa shape index (κ3) is 2.98. The van der Waals surface area contributed by atoms with E-state index in [2.05, 4.69) is 32.6 Å². The maximum absolute atomic E-state index is 2.69. The monoisotopic (exact) mass is 197 g/mol. The van der Waals surface area contributed by atoms with Gasteiger partial charge in [0.25, 0.3) is 0 Å². The van der Waals surface area contributed by atoms with Crippen LogP contribution in [0.5, 0.6) is 0 Å². The molecule has 1 fully saturated rings. The first-order valence-electron chi connectivity index (χ1n) is 6.40. The molecule has 0 N–H and O–H groups in total. The van der Waals surface area contributed by atoms with E-state index in [0.717, 1.165) is 17.9 Å². The van der Waals surface area contributed by atoms with E-state index in [9.17, 15) is 0 Å². The van der Waals surface area contributed by atoms with Gasteiger partial charge in [0, 0.05) is 12.6 Å². The molecule has 1 aliphatic heterocycles. The topological polar surface area (TPSA) is 3.24 Å². The predicted octanol–water partition coefficient (Wildman–Crippen LogP) is 3.54. The summed E-state index contributed by atoms with van der Waals surface area (Å²) < 4.78 is 0. The van der Waals surface area contributed by atoms with Gasteiger partial charge in [0.05, 0.1) is 0 Å². The third-order valence-electron chi connectivity index (χ3n) is 4.06. The summed E-state index contributed by atoms with van der Waals surface area (Å²) in [5.74, 6) is 1.79. The van der Waals surface area contributed by atoms with Crippen molar-refractivity contribution in [2.45, 2.75) is 59.4 Å². The Kier molecular flexibility index (Phi) is 4.94. The predicted molar refractivity (Wildman–Crippen MR) is 63.5 cm³/mol. The van der Waals surface area contributed by atoms with Crippen LogP contribution in [0.2, 0.25) is 0 Å². The highest BCUT2D eigenvalue weighted by molar-refractivity contribution is 4.85. The Hall–Kier alpha value is -0.0400. The summed E-state index contributed by atoms with van der Waals surface area (Å²) in [6, 6.07) is 0.812. The molecule has 0 aromatic rings. The lowest BCUT2D eigenvalue weighted by Crippen LogP contribution is -2.30. The minimum Gasteiger partial charge on any atom is -0.300 e. The van der Waals surface area contributed by atoms with Gasteiger partial charge >= 0.3 is 0 Å². The minimum atomic E-state index is 0.812. The van der Waals surface area contributed by atoms with Gasteiger partial charge in [-0.25, -0.2) is 0 Å². The standard InChI is InChI=1S/C13H27N/c1-5-6-7-8-9-14-10-11(2)12(3)13(14)4/h11-13H,5-10H2,1-4H3. The Morgan fingerprint density at radius 1 is 1.07 bits per heavy atom. The molecule has 3 unspecified atom stereocenters. The Bertz CT molecular complexity index is 155. The number of hydrogen-bond donors (Lipinski definition) is 0. The van der Waals surface area contributed by atoms with Gasteiger partial charge in [-0.1, -0.05) is 40.0 Å². The third-order valence-corrected chi connectivity index (χ3v) is 4.06. The van der Waals surface area contributed by atoms with E-state index in [1.165, 1.54) is 38.8 Å². The molecule has 0 bridgehead atoms. The fourth-order valence-corrected chi connectivity index (χ4v) is 2.55. The Labute approximate surface area is 89.9 Å². The fourth-order valence-electron chi connectivity index (χ4n) is 2.55. The highest BCUT2D eigenvalue weighted by Crippen LogP contribution is 2.28. The summed E-state index contributed by atoms with van der Waals surface area (Å²) in [5, 5.41) is 0. The van der Waals surface area contributed by atoms with Crippen LogP contribution in [0.4, 0.5) is 0 Å². The number of rotatable bonds is 5. The lowest BCUT2D eigenvalue weighted by Gasteiger charge is -2.22. The summed E-state index contributed by atoms with van der Waals surface area (Å²) in [7, 11) is 0. The molecule has 0 saturated carbocycles. The number of unbranched alkanes of at least 4 members (excludes halogenated alkanes) is 3. The molecule has 0 aromatic carbocycles. The second-order valence-corrected chi connectivity index (χ2v) is 5.13. The quantitative estimate of drug-likeness (QED) is 0.609. The number of hydrogen-bond acceptors (Lipinski definition) is 1. The van der Waals surface area contributed by atoms with Crippen LogP contribution >= 0.6 is 0 Å². The van der Waals surface area contributed by atoms with Gasteiger partial charge in [-0.2, -0.15) is 0 Å². The number of likely N-dealkylation sites (tertiary alicyclic amines) is 1. The fraction of sp³-hybridized carbons (Fsp3) is 1.00. The van der Waals surface area contributed by atoms with Crippen LogP contribution in [0.25, 0.3) is 0 Å². The normalized spacial score (nSPS) is 33.9. The average Bonchev–Trinajstić information content (AvgIpc) is 2.41. The molecule has 0 spiro atoms. The lowest BCUT2D eigenvalue weighted by atomic mass is 9.95.